The van der Waals surface area contributed by atoms with Crippen LogP contribution in [-0.4, -0.2) is 13.3 Å². The molecule has 390 valence electrons. The van der Waals surface area contributed by atoms with Crippen LogP contribution in [0.4, 0.5) is 0 Å². The minimum absolute atomic E-state index is 0.825. The molecule has 0 bridgehead atoms. The van der Waals surface area contributed by atoms with Gasteiger partial charge in [0.2, 0.25) is 0 Å². The maximum Gasteiger partial charge on any atom is 0.140 e. The largest absolute Gasteiger partial charge is 0.314 e. The molecule has 2 atom stereocenters. The lowest BCUT2D eigenvalue weighted by Gasteiger charge is -2.19. The fourth-order valence-corrected chi connectivity index (χ4v) is 16.0. The first-order valence-corrected chi connectivity index (χ1v) is 32.3. The van der Waals surface area contributed by atoms with Crippen molar-refractivity contribution >= 4 is 78.6 Å². The zero-order chi connectivity index (χ0) is 55.4. The molecule has 0 aliphatic heterocycles. The molecule has 82 heavy (non-hydrogen) atoms. The molecule has 0 fully saturated rings. The van der Waals surface area contributed by atoms with Gasteiger partial charge in [0, 0.05) is 21.2 Å². The number of benzene rings is 14. The zero-order valence-corrected chi connectivity index (χ0v) is 47.4. The quantitative estimate of drug-likeness (QED) is 0.0955. The molecule has 2 unspecified atom stereocenters. The molecular formula is C78H56O2P2. The first-order chi connectivity index (χ1) is 40.2. The first-order valence-electron chi connectivity index (χ1n) is 28.0. The summed E-state index contributed by atoms with van der Waals surface area (Å²) in [6.07, 6.45) is 0. The highest BCUT2D eigenvalue weighted by Gasteiger charge is 2.25. The Morgan fingerprint density at radius 1 is 0.183 bits per heavy atom. The Morgan fingerprint density at radius 2 is 0.402 bits per heavy atom. The number of rotatable bonds is 11. The van der Waals surface area contributed by atoms with E-state index < -0.39 is 14.3 Å². The number of hydrogen-bond donors (Lipinski definition) is 0. The summed E-state index contributed by atoms with van der Waals surface area (Å²) in [4.78, 5) is 0. The molecule has 0 amide bonds. The third kappa shape index (κ3) is 9.03. The Kier molecular flexibility index (Phi) is 12.9. The lowest BCUT2D eigenvalue weighted by molar-refractivity contribution is 0.589. The molecule has 0 heterocycles. The van der Waals surface area contributed by atoms with Crippen LogP contribution >= 0.6 is 14.3 Å². The predicted molar refractivity (Wildman–Crippen MR) is 353 cm³/mol. The van der Waals surface area contributed by atoms with Crippen molar-refractivity contribution in [1.29, 1.82) is 0 Å². The van der Waals surface area contributed by atoms with E-state index in [0.29, 0.717) is 0 Å². The zero-order valence-electron chi connectivity index (χ0n) is 45.6. The van der Waals surface area contributed by atoms with Gasteiger partial charge in [0.25, 0.3) is 0 Å². The van der Waals surface area contributed by atoms with E-state index in [2.05, 4.69) is 249 Å². The summed E-state index contributed by atoms with van der Waals surface area (Å²) >= 11 is 0. The molecule has 0 N–H and O–H groups in total. The lowest BCUT2D eigenvalue weighted by atomic mass is 9.85. The molecule has 4 heteroatoms. The smallest absolute Gasteiger partial charge is 0.140 e. The molecule has 0 radical (unpaired) electrons. The normalized spacial score (nSPS) is 13.0. The molecule has 0 aromatic heterocycles. The van der Waals surface area contributed by atoms with E-state index in [1.807, 2.05) is 67.9 Å². The summed E-state index contributed by atoms with van der Waals surface area (Å²) in [6.45, 7) is 3.77. The van der Waals surface area contributed by atoms with E-state index in [1.54, 1.807) is 0 Å². The molecule has 14 aromatic rings. The van der Waals surface area contributed by atoms with Crippen LogP contribution in [0.1, 0.15) is 0 Å². The third-order valence-corrected chi connectivity index (χ3v) is 21.8. The molecule has 14 aromatic carbocycles. The van der Waals surface area contributed by atoms with Gasteiger partial charge in [-0.05, 0) is 146 Å². The van der Waals surface area contributed by atoms with Crippen molar-refractivity contribution in [2.75, 3.05) is 13.3 Å². The van der Waals surface area contributed by atoms with Gasteiger partial charge < -0.3 is 9.13 Å². The van der Waals surface area contributed by atoms with Crippen LogP contribution in [0.5, 0.6) is 0 Å². The molecule has 14 rings (SSSR count). The Labute approximate surface area is 479 Å². The maximum atomic E-state index is 15.1. The van der Waals surface area contributed by atoms with Crippen molar-refractivity contribution in [3.63, 3.8) is 0 Å². The molecule has 0 spiro atoms. The predicted octanol–water partition coefficient (Wildman–Crippen LogP) is 19.9. The van der Waals surface area contributed by atoms with Crippen LogP contribution in [0.2, 0.25) is 0 Å². The second kappa shape index (κ2) is 20.9. The average Bonchev–Trinajstić information content (AvgIpc) is 2.18. The van der Waals surface area contributed by atoms with E-state index >= 15 is 4.57 Å². The van der Waals surface area contributed by atoms with Gasteiger partial charge in [0.1, 0.15) is 14.3 Å². The topological polar surface area (TPSA) is 34.1 Å². The SMILES string of the molecule is CP(=O)(c1ccc(-c2c3ccccc3c(-c3ccc(-c4ccccc4)cc3)c3ccccc23)cc1)c1cccc(-c2ccc(-c3ccc(-c4c5ccccc5c(-c5cccc(P(C)(=O)c6ccccc6)c5)c5ccccc45)cc3)cc2)c1. The monoisotopic (exact) mass is 1090 g/mol. The van der Waals surface area contributed by atoms with Crippen molar-refractivity contribution in [3.8, 4) is 77.9 Å². The van der Waals surface area contributed by atoms with Crippen LogP contribution in [-0.2, 0) is 9.13 Å². The van der Waals surface area contributed by atoms with E-state index in [-0.39, 0.29) is 0 Å². The Bertz CT molecular complexity index is 4720. The lowest BCUT2D eigenvalue weighted by Crippen LogP contribution is -2.15. The van der Waals surface area contributed by atoms with Crippen molar-refractivity contribution in [2.24, 2.45) is 0 Å². The maximum absolute atomic E-state index is 15.1. The molecule has 0 saturated heterocycles. The van der Waals surface area contributed by atoms with Crippen LogP contribution in [0, 0.1) is 0 Å². The Balaban J connectivity index is 0.736. The van der Waals surface area contributed by atoms with Gasteiger partial charge in [-0.2, -0.15) is 0 Å². The summed E-state index contributed by atoms with van der Waals surface area (Å²) < 4.78 is 29.5. The van der Waals surface area contributed by atoms with Crippen molar-refractivity contribution in [3.05, 3.63) is 303 Å². The third-order valence-electron chi connectivity index (χ3n) is 16.7. The molecular weight excluding hydrogens is 1030 g/mol. The van der Waals surface area contributed by atoms with E-state index in [9.17, 15) is 4.57 Å². The van der Waals surface area contributed by atoms with Crippen LogP contribution in [0.15, 0.2) is 303 Å². The molecule has 0 saturated carbocycles. The van der Waals surface area contributed by atoms with Crippen molar-refractivity contribution in [2.45, 2.75) is 0 Å². The standard InChI is InChI=1S/C78H56O2P2/c1-81(79,63-23-7-4-8-24-63)66-26-18-22-62(52-66)78-73-33-15-13-31-71(73)76(72-32-14-16-34-74(72)78)59-45-41-56(42-46-59)55-35-37-57(38-36-55)61-21-17-25-65(51-61)82(2,80)64-49-47-60(48-50-64)77-69-29-11-9-27-67(69)75(68-28-10-12-30-70(68)77)58-43-39-54(40-44-58)53-19-5-3-6-20-53/h3-52H,1-2H3. The Hall–Kier alpha value is -9.42. The second-order valence-corrected chi connectivity index (χ2v) is 27.4. The van der Waals surface area contributed by atoms with Gasteiger partial charge in [0.15, 0.2) is 0 Å². The molecule has 2 nitrogen and oxygen atoms in total. The van der Waals surface area contributed by atoms with Gasteiger partial charge in [-0.15, -0.1) is 0 Å². The summed E-state index contributed by atoms with van der Waals surface area (Å²) in [5.41, 5.74) is 15.9. The summed E-state index contributed by atoms with van der Waals surface area (Å²) in [5, 5.41) is 12.8. The minimum atomic E-state index is -2.99. The van der Waals surface area contributed by atoms with Crippen LogP contribution < -0.4 is 21.2 Å². The number of hydrogen-bond acceptors (Lipinski definition) is 2. The first kappa shape index (κ1) is 50.8. The average molecular weight is 1090 g/mol. The molecule has 0 aliphatic rings. The highest BCUT2D eigenvalue weighted by molar-refractivity contribution is 7.78. The second-order valence-electron chi connectivity index (χ2n) is 21.6. The van der Waals surface area contributed by atoms with Crippen LogP contribution in [0.3, 0.4) is 0 Å². The van der Waals surface area contributed by atoms with E-state index in [0.717, 1.165) is 76.5 Å². The van der Waals surface area contributed by atoms with Gasteiger partial charge in [-0.1, -0.05) is 291 Å². The fourth-order valence-electron chi connectivity index (χ4n) is 12.4. The van der Waals surface area contributed by atoms with Gasteiger partial charge in [-0.3, -0.25) is 0 Å². The van der Waals surface area contributed by atoms with Crippen molar-refractivity contribution < 1.29 is 9.13 Å². The summed E-state index contributed by atoms with van der Waals surface area (Å²) in [5.74, 6) is 0. The Morgan fingerprint density at radius 3 is 0.768 bits per heavy atom. The summed E-state index contributed by atoms with van der Waals surface area (Å²) in [6, 6.07) is 107. The van der Waals surface area contributed by atoms with Gasteiger partial charge in [0.05, 0.1) is 0 Å². The van der Waals surface area contributed by atoms with E-state index in [1.165, 1.54) is 65.7 Å². The van der Waals surface area contributed by atoms with Gasteiger partial charge >= 0.3 is 0 Å². The highest BCUT2D eigenvalue weighted by Crippen LogP contribution is 2.48. The molecule has 0 aliphatic carbocycles. The number of fused-ring (bicyclic) bond motifs is 4. The van der Waals surface area contributed by atoms with Crippen molar-refractivity contribution in [1.82, 2.24) is 0 Å². The fraction of sp³-hybridized carbons (Fsp3) is 0.0256. The summed E-state index contributed by atoms with van der Waals surface area (Å²) in [7, 11) is -5.83. The van der Waals surface area contributed by atoms with Gasteiger partial charge in [-0.25, -0.2) is 0 Å². The van der Waals surface area contributed by atoms with E-state index in [4.69, 9.17) is 0 Å². The minimum Gasteiger partial charge on any atom is -0.314 e. The van der Waals surface area contributed by atoms with Crippen LogP contribution in [0.25, 0.3) is 121 Å². The highest BCUT2D eigenvalue weighted by atomic mass is 31.2.